The van der Waals surface area contributed by atoms with E-state index in [2.05, 4.69) is 27.0 Å². The number of piperidine rings is 2. The van der Waals surface area contributed by atoms with Crippen molar-refractivity contribution in [1.82, 2.24) is 14.9 Å². The summed E-state index contributed by atoms with van der Waals surface area (Å²) >= 11 is 1.62. The summed E-state index contributed by atoms with van der Waals surface area (Å²) in [6, 6.07) is 10.2. The number of anilines is 1. The maximum Gasteiger partial charge on any atom is 0.227 e. The second kappa shape index (κ2) is 9.14. The number of carbonyl (C=O) groups is 1. The molecule has 1 spiro atoms. The minimum absolute atomic E-state index is 0.00945. The number of likely N-dealkylation sites (tertiary alicyclic amines) is 1. The highest BCUT2D eigenvalue weighted by Gasteiger charge is 2.42. The lowest BCUT2D eigenvalue weighted by Gasteiger charge is -2.40. The Balaban J connectivity index is 1.25. The summed E-state index contributed by atoms with van der Waals surface area (Å²) in [6.07, 6.45) is 6.89. The van der Waals surface area contributed by atoms with Crippen molar-refractivity contribution in [3.05, 3.63) is 42.7 Å². The smallest absolute Gasteiger partial charge is 0.227 e. The minimum Gasteiger partial charge on any atom is -0.354 e. The summed E-state index contributed by atoms with van der Waals surface area (Å²) in [7, 11) is 0. The van der Waals surface area contributed by atoms with Crippen LogP contribution in [0, 0.1) is 5.92 Å². The molecule has 1 aromatic carbocycles. The largest absolute Gasteiger partial charge is 0.354 e. The van der Waals surface area contributed by atoms with Crippen molar-refractivity contribution in [3.8, 4) is 0 Å². The zero-order valence-electron chi connectivity index (χ0n) is 17.6. The summed E-state index contributed by atoms with van der Waals surface area (Å²) in [6.45, 7) is 4.31. The molecule has 3 aliphatic rings. The molecule has 7 nitrogen and oxygen atoms in total. The van der Waals surface area contributed by atoms with Crippen molar-refractivity contribution in [2.45, 2.75) is 41.4 Å². The first-order valence-electron chi connectivity index (χ1n) is 11.1. The second-order valence-electron chi connectivity index (χ2n) is 8.32. The maximum atomic E-state index is 13.3. The van der Waals surface area contributed by atoms with Gasteiger partial charge in [0, 0.05) is 56.3 Å². The van der Waals surface area contributed by atoms with Crippen LogP contribution in [0.1, 0.15) is 25.7 Å². The first-order valence-corrected chi connectivity index (χ1v) is 11.9. The van der Waals surface area contributed by atoms with Crippen molar-refractivity contribution in [2.24, 2.45) is 5.92 Å². The lowest BCUT2D eigenvalue weighted by Crippen LogP contribution is -2.51. The Labute approximate surface area is 187 Å². The molecule has 0 aliphatic carbocycles. The van der Waals surface area contributed by atoms with Crippen molar-refractivity contribution in [2.75, 3.05) is 44.3 Å². The van der Waals surface area contributed by atoms with Gasteiger partial charge in [0.2, 0.25) is 5.91 Å². The quantitative estimate of drug-likeness (QED) is 0.723. The third-order valence-electron chi connectivity index (χ3n) is 6.32. The number of hydrogen-bond donors (Lipinski definition) is 0. The molecular formula is C23H28N4O3S. The molecule has 31 heavy (non-hydrogen) atoms. The van der Waals surface area contributed by atoms with Crippen LogP contribution in [-0.4, -0.2) is 66.0 Å². The van der Waals surface area contributed by atoms with Gasteiger partial charge in [-0.1, -0.05) is 30.0 Å². The van der Waals surface area contributed by atoms with Gasteiger partial charge in [0.15, 0.2) is 11.6 Å². The molecular weight excluding hydrogens is 412 g/mol. The molecule has 0 radical (unpaired) electrons. The number of amides is 1. The van der Waals surface area contributed by atoms with E-state index in [1.165, 1.54) is 0 Å². The Hall–Kier alpha value is -2.16. The summed E-state index contributed by atoms with van der Waals surface area (Å²) in [5.41, 5.74) is 0. The Bertz CT molecular complexity index is 897. The molecule has 0 N–H and O–H groups in total. The van der Waals surface area contributed by atoms with E-state index in [1.807, 2.05) is 23.1 Å². The first kappa shape index (κ1) is 20.7. The van der Waals surface area contributed by atoms with Gasteiger partial charge in [-0.3, -0.25) is 4.79 Å². The van der Waals surface area contributed by atoms with E-state index in [9.17, 15) is 4.79 Å². The number of ether oxygens (including phenoxy) is 2. The van der Waals surface area contributed by atoms with Crippen LogP contribution >= 0.6 is 11.8 Å². The number of carbonyl (C=O) groups excluding carboxylic acids is 1. The number of benzene rings is 1. The van der Waals surface area contributed by atoms with Crippen LogP contribution in [0.5, 0.6) is 0 Å². The Morgan fingerprint density at radius 3 is 2.55 bits per heavy atom. The fraction of sp³-hybridized carbons (Fsp3) is 0.522. The molecule has 0 bridgehead atoms. The predicted octanol–water partition coefficient (Wildman–Crippen LogP) is 3.21. The molecule has 8 heteroatoms. The van der Waals surface area contributed by atoms with Crippen LogP contribution in [0.25, 0.3) is 0 Å². The van der Waals surface area contributed by atoms with E-state index in [0.717, 1.165) is 48.0 Å². The van der Waals surface area contributed by atoms with Crippen LogP contribution in [0.3, 0.4) is 0 Å². The SMILES string of the molecule is O=C(C1CCCN(c2nccnc2Sc2ccccc2)C1)N1CCC2(CC1)OCCO2. The molecule has 1 aromatic heterocycles. The molecule has 1 unspecified atom stereocenters. The number of rotatable bonds is 4. The third-order valence-corrected chi connectivity index (χ3v) is 7.31. The van der Waals surface area contributed by atoms with E-state index >= 15 is 0 Å². The average Bonchev–Trinajstić information content (AvgIpc) is 3.28. The van der Waals surface area contributed by atoms with Gasteiger partial charge >= 0.3 is 0 Å². The molecule has 0 saturated carbocycles. The van der Waals surface area contributed by atoms with Gasteiger partial charge in [0.25, 0.3) is 0 Å². The third kappa shape index (κ3) is 4.56. The van der Waals surface area contributed by atoms with Gasteiger partial charge in [-0.2, -0.15) is 0 Å². The predicted molar refractivity (Wildman–Crippen MR) is 118 cm³/mol. The molecule has 164 valence electrons. The number of hydrogen-bond acceptors (Lipinski definition) is 7. The van der Waals surface area contributed by atoms with E-state index in [4.69, 9.17) is 9.47 Å². The molecule has 3 aliphatic heterocycles. The van der Waals surface area contributed by atoms with E-state index in [0.29, 0.717) is 32.8 Å². The summed E-state index contributed by atoms with van der Waals surface area (Å²) < 4.78 is 11.6. The Kier molecular flexibility index (Phi) is 6.11. The van der Waals surface area contributed by atoms with Gasteiger partial charge in [-0.05, 0) is 25.0 Å². The molecule has 1 amide bonds. The average molecular weight is 441 g/mol. The highest BCUT2D eigenvalue weighted by Crippen LogP contribution is 2.35. The lowest BCUT2D eigenvalue weighted by atomic mass is 9.94. The standard InChI is InChI=1S/C23H28N4O3S/c28-22(26-13-8-23(9-14-26)29-15-16-30-23)18-5-4-12-27(17-18)20-21(25-11-10-24-20)31-19-6-2-1-3-7-19/h1-3,6-7,10-11,18H,4-5,8-9,12-17H2. The van der Waals surface area contributed by atoms with Gasteiger partial charge in [0.1, 0.15) is 5.03 Å². The van der Waals surface area contributed by atoms with Gasteiger partial charge in [0.05, 0.1) is 19.1 Å². The molecule has 3 fully saturated rings. The molecule has 1 atom stereocenters. The van der Waals surface area contributed by atoms with Crippen molar-refractivity contribution >= 4 is 23.5 Å². The molecule has 4 heterocycles. The van der Waals surface area contributed by atoms with E-state index in [-0.39, 0.29) is 11.8 Å². The maximum absolute atomic E-state index is 13.3. The first-order chi connectivity index (χ1) is 15.2. The molecule has 5 rings (SSSR count). The van der Waals surface area contributed by atoms with Gasteiger partial charge in [-0.25, -0.2) is 9.97 Å². The van der Waals surface area contributed by atoms with Crippen molar-refractivity contribution in [1.29, 1.82) is 0 Å². The fourth-order valence-electron chi connectivity index (χ4n) is 4.69. The summed E-state index contributed by atoms with van der Waals surface area (Å²) in [4.78, 5) is 27.9. The van der Waals surface area contributed by atoms with Gasteiger partial charge < -0.3 is 19.3 Å². The topological polar surface area (TPSA) is 67.8 Å². The van der Waals surface area contributed by atoms with E-state index in [1.54, 1.807) is 24.2 Å². The van der Waals surface area contributed by atoms with Crippen LogP contribution < -0.4 is 4.90 Å². The van der Waals surface area contributed by atoms with Crippen LogP contribution in [0.15, 0.2) is 52.6 Å². The van der Waals surface area contributed by atoms with E-state index < -0.39 is 5.79 Å². The fourth-order valence-corrected chi connectivity index (χ4v) is 5.59. The minimum atomic E-state index is -0.446. The summed E-state index contributed by atoms with van der Waals surface area (Å²) in [5, 5.41) is 0.886. The van der Waals surface area contributed by atoms with Crippen molar-refractivity contribution in [3.63, 3.8) is 0 Å². The summed E-state index contributed by atoms with van der Waals surface area (Å²) in [5.74, 6) is 0.668. The molecule has 3 saturated heterocycles. The van der Waals surface area contributed by atoms with Crippen molar-refractivity contribution < 1.29 is 14.3 Å². The van der Waals surface area contributed by atoms with Crippen LogP contribution in [-0.2, 0) is 14.3 Å². The molecule has 2 aromatic rings. The van der Waals surface area contributed by atoms with Crippen LogP contribution in [0.2, 0.25) is 0 Å². The number of nitrogens with zero attached hydrogens (tertiary/aromatic N) is 4. The Morgan fingerprint density at radius 1 is 1.03 bits per heavy atom. The van der Waals surface area contributed by atoms with Crippen LogP contribution in [0.4, 0.5) is 5.82 Å². The highest BCUT2D eigenvalue weighted by atomic mass is 32.2. The normalized spacial score (nSPS) is 23.3. The Morgan fingerprint density at radius 2 is 1.77 bits per heavy atom. The highest BCUT2D eigenvalue weighted by molar-refractivity contribution is 7.99. The lowest BCUT2D eigenvalue weighted by molar-refractivity contribution is -0.188. The zero-order chi connectivity index (χ0) is 21.1. The second-order valence-corrected chi connectivity index (χ2v) is 9.38. The van der Waals surface area contributed by atoms with Gasteiger partial charge in [-0.15, -0.1) is 0 Å². The number of aromatic nitrogens is 2. The monoisotopic (exact) mass is 440 g/mol. The zero-order valence-corrected chi connectivity index (χ0v) is 18.4.